The van der Waals surface area contributed by atoms with Gasteiger partial charge in [0.15, 0.2) is 0 Å². The number of carbonyl (C=O) groups is 1. The molecule has 1 aliphatic rings. The molecule has 1 heterocycles. The van der Waals surface area contributed by atoms with Gasteiger partial charge in [-0.1, -0.05) is 53.0 Å². The highest BCUT2D eigenvalue weighted by atomic mass is 33.1. The van der Waals surface area contributed by atoms with Crippen molar-refractivity contribution in [2.45, 2.75) is 6.92 Å². The Balaban J connectivity index is 2.13. The van der Waals surface area contributed by atoms with Gasteiger partial charge >= 0.3 is 5.97 Å². The van der Waals surface area contributed by atoms with E-state index >= 15 is 0 Å². The molecule has 0 radical (unpaired) electrons. The first kappa shape index (κ1) is 17.2. The molecule has 1 aliphatic heterocycles. The number of carbonyl (C=O) groups excluding carboxylic acids is 1. The second-order valence-corrected chi connectivity index (χ2v) is 6.84. The number of ether oxygens (including phenoxy) is 1. The van der Waals surface area contributed by atoms with Crippen LogP contribution >= 0.6 is 21.6 Å². The van der Waals surface area contributed by atoms with Gasteiger partial charge in [-0.15, -0.1) is 0 Å². The van der Waals surface area contributed by atoms with Crippen LogP contribution in [0.1, 0.15) is 12.5 Å². The van der Waals surface area contributed by atoms with E-state index in [4.69, 9.17) is 4.74 Å². The number of aliphatic hydroxyl groups excluding tert-OH is 1. The number of benzene rings is 1. The summed E-state index contributed by atoms with van der Waals surface area (Å²) in [5.74, 6) is -0.367. The second-order valence-electron chi connectivity index (χ2n) is 4.55. The second kappa shape index (κ2) is 7.94. The number of aliphatic hydroxyl groups is 1. The number of esters is 1. The number of hydrogen-bond donors (Lipinski definition) is 1. The van der Waals surface area contributed by atoms with Crippen molar-refractivity contribution in [3.05, 3.63) is 83.5 Å². The van der Waals surface area contributed by atoms with Crippen LogP contribution in [-0.2, 0) is 4.79 Å². The van der Waals surface area contributed by atoms with Crippen molar-refractivity contribution < 1.29 is 14.6 Å². The molecule has 0 saturated heterocycles. The smallest absolute Gasteiger partial charge is 0.347 e. The van der Waals surface area contributed by atoms with Crippen molar-refractivity contribution in [3.63, 3.8) is 0 Å². The molecule has 0 amide bonds. The molecule has 0 aliphatic carbocycles. The van der Waals surface area contributed by atoms with Crippen LogP contribution in [0, 0.1) is 0 Å². The molecule has 0 saturated carbocycles. The topological polar surface area (TPSA) is 46.5 Å². The summed E-state index contributed by atoms with van der Waals surface area (Å²) in [6, 6.07) is 7.21. The van der Waals surface area contributed by atoms with Crippen molar-refractivity contribution in [1.82, 2.24) is 0 Å². The van der Waals surface area contributed by atoms with E-state index in [0.717, 1.165) is 15.4 Å². The van der Waals surface area contributed by atoms with Crippen molar-refractivity contribution in [1.29, 1.82) is 0 Å². The summed E-state index contributed by atoms with van der Waals surface area (Å²) in [6.45, 7) is 9.06. The highest BCUT2D eigenvalue weighted by Gasteiger charge is 2.16. The van der Waals surface area contributed by atoms with E-state index in [-0.39, 0.29) is 11.3 Å². The first-order chi connectivity index (χ1) is 11.0. The molecule has 3 nitrogen and oxygen atoms in total. The molecule has 0 atom stereocenters. The van der Waals surface area contributed by atoms with Crippen LogP contribution in [0.5, 0.6) is 5.75 Å². The van der Waals surface area contributed by atoms with E-state index in [2.05, 4.69) is 13.2 Å². The fourth-order valence-electron chi connectivity index (χ4n) is 1.80. The minimum Gasteiger partial charge on any atom is -0.507 e. The van der Waals surface area contributed by atoms with Crippen molar-refractivity contribution in [2.24, 2.45) is 0 Å². The Kier molecular flexibility index (Phi) is 5.96. The fourth-order valence-corrected chi connectivity index (χ4v) is 3.83. The van der Waals surface area contributed by atoms with Gasteiger partial charge in [-0.25, -0.2) is 4.79 Å². The largest absolute Gasteiger partial charge is 0.507 e. The standard InChI is InChI=1S/C18H16O3S2/c1-4-6-15(16(19)5-2)18(20)21-14-9-7-13(8-10-14)17-11-12(3)22-23-17/h4-11,19H,1,3H2,2H3/b15-6+,16-5+. The van der Waals surface area contributed by atoms with E-state index in [1.807, 2.05) is 18.2 Å². The average molecular weight is 344 g/mol. The molecule has 0 fully saturated rings. The molecule has 1 aromatic rings. The van der Waals surface area contributed by atoms with E-state index < -0.39 is 5.97 Å². The molecule has 1 N–H and O–H groups in total. The van der Waals surface area contributed by atoms with Crippen LogP contribution in [0.15, 0.2) is 78.0 Å². The zero-order valence-electron chi connectivity index (χ0n) is 12.6. The van der Waals surface area contributed by atoms with E-state index in [0.29, 0.717) is 5.75 Å². The summed E-state index contributed by atoms with van der Waals surface area (Å²) in [5.41, 5.74) is 1.10. The number of rotatable bonds is 5. The van der Waals surface area contributed by atoms with Gasteiger partial charge in [0.2, 0.25) is 0 Å². The van der Waals surface area contributed by atoms with Crippen LogP contribution in [0.3, 0.4) is 0 Å². The lowest BCUT2D eigenvalue weighted by atomic mass is 10.2. The monoisotopic (exact) mass is 344 g/mol. The van der Waals surface area contributed by atoms with Gasteiger partial charge < -0.3 is 9.84 Å². The van der Waals surface area contributed by atoms with Gasteiger partial charge in [0.05, 0.1) is 0 Å². The zero-order valence-corrected chi connectivity index (χ0v) is 14.2. The first-order valence-corrected chi connectivity index (χ1v) is 8.96. The minimum absolute atomic E-state index is 0.0633. The molecule has 0 bridgehead atoms. The van der Waals surface area contributed by atoms with Gasteiger partial charge in [-0.05, 0) is 42.8 Å². The lowest BCUT2D eigenvalue weighted by molar-refractivity contribution is -0.130. The van der Waals surface area contributed by atoms with Crippen LogP contribution in [0.2, 0.25) is 0 Å². The molecule has 0 spiro atoms. The summed E-state index contributed by atoms with van der Waals surface area (Å²) in [6.07, 6.45) is 6.28. The highest BCUT2D eigenvalue weighted by molar-refractivity contribution is 8.82. The molecule has 0 unspecified atom stereocenters. The molecular weight excluding hydrogens is 328 g/mol. The van der Waals surface area contributed by atoms with Gasteiger partial charge in [-0.2, -0.15) is 0 Å². The Morgan fingerprint density at radius 3 is 2.48 bits per heavy atom. The summed E-state index contributed by atoms with van der Waals surface area (Å²) >= 11 is 0. The Hall–Kier alpha value is -2.11. The molecule has 2 rings (SSSR count). The average Bonchev–Trinajstić information content (AvgIpc) is 2.99. The molecule has 23 heavy (non-hydrogen) atoms. The Morgan fingerprint density at radius 2 is 1.96 bits per heavy atom. The maximum Gasteiger partial charge on any atom is 0.347 e. The minimum atomic E-state index is -0.633. The van der Waals surface area contributed by atoms with Crippen molar-refractivity contribution in [3.8, 4) is 5.75 Å². The van der Waals surface area contributed by atoms with Gasteiger partial charge in [0.25, 0.3) is 0 Å². The molecular formula is C18H16O3S2. The SMILES string of the molecule is C=C/C=C(C(=O)Oc1ccc(C2=CC(=C)SS2)cc1)\C(O)=C/C. The Morgan fingerprint density at radius 1 is 1.26 bits per heavy atom. The van der Waals surface area contributed by atoms with Gasteiger partial charge in [0.1, 0.15) is 17.1 Å². The third-order valence-electron chi connectivity index (χ3n) is 2.93. The normalized spacial score (nSPS) is 15.3. The van der Waals surface area contributed by atoms with Crippen molar-refractivity contribution in [2.75, 3.05) is 0 Å². The molecule has 1 aromatic carbocycles. The first-order valence-electron chi connectivity index (χ1n) is 6.81. The summed E-state index contributed by atoms with van der Waals surface area (Å²) in [5, 5.41) is 9.73. The van der Waals surface area contributed by atoms with Crippen LogP contribution < -0.4 is 4.74 Å². The Labute approximate surface area is 143 Å². The summed E-state index contributed by atoms with van der Waals surface area (Å²) in [7, 11) is 3.27. The lowest BCUT2D eigenvalue weighted by Crippen LogP contribution is -2.13. The number of allylic oxidation sites excluding steroid dienone is 4. The van der Waals surface area contributed by atoms with E-state index in [1.165, 1.54) is 18.2 Å². The maximum absolute atomic E-state index is 12.1. The highest BCUT2D eigenvalue weighted by Crippen LogP contribution is 2.48. The fraction of sp³-hybridized carbons (Fsp3) is 0.0556. The molecule has 0 aromatic heterocycles. The van der Waals surface area contributed by atoms with Crippen LogP contribution in [0.25, 0.3) is 4.91 Å². The van der Waals surface area contributed by atoms with Gasteiger partial charge in [-0.3, -0.25) is 0 Å². The summed E-state index contributed by atoms with van der Waals surface area (Å²) in [4.78, 5) is 14.3. The van der Waals surface area contributed by atoms with Gasteiger partial charge in [0, 0.05) is 9.81 Å². The van der Waals surface area contributed by atoms with Crippen LogP contribution in [-0.4, -0.2) is 11.1 Å². The Bertz CT molecular complexity index is 725. The van der Waals surface area contributed by atoms with Crippen molar-refractivity contribution >= 4 is 32.5 Å². The maximum atomic E-state index is 12.1. The third-order valence-corrected chi connectivity index (χ3v) is 5.31. The summed E-state index contributed by atoms with van der Waals surface area (Å²) < 4.78 is 5.29. The number of hydrogen-bond acceptors (Lipinski definition) is 5. The predicted octanol–water partition coefficient (Wildman–Crippen LogP) is 5.42. The lowest BCUT2D eigenvalue weighted by Gasteiger charge is -2.08. The van der Waals surface area contributed by atoms with E-state index in [9.17, 15) is 9.90 Å². The quantitative estimate of drug-likeness (QED) is 0.193. The van der Waals surface area contributed by atoms with Crippen LogP contribution in [0.4, 0.5) is 0 Å². The third kappa shape index (κ3) is 4.43. The zero-order chi connectivity index (χ0) is 16.8. The predicted molar refractivity (Wildman–Crippen MR) is 99.0 cm³/mol. The molecule has 118 valence electrons. The molecule has 5 heteroatoms. The van der Waals surface area contributed by atoms with E-state index in [1.54, 1.807) is 40.6 Å².